The normalized spacial score (nSPS) is 10.8. The van der Waals surface area contributed by atoms with Gasteiger partial charge >= 0.3 is 0 Å². The highest BCUT2D eigenvalue weighted by Gasteiger charge is 2.19. The van der Waals surface area contributed by atoms with E-state index < -0.39 is 0 Å². The fourth-order valence-electron chi connectivity index (χ4n) is 1.81. The molecule has 1 amide bonds. The summed E-state index contributed by atoms with van der Waals surface area (Å²) in [5, 5.41) is 3.17. The smallest absolute Gasteiger partial charge is 0.277 e. The molecule has 0 aliphatic rings. The zero-order chi connectivity index (χ0) is 15.6. The Bertz CT molecular complexity index is 665. The van der Waals surface area contributed by atoms with E-state index in [1.807, 2.05) is 13.8 Å². The van der Waals surface area contributed by atoms with E-state index in [0.29, 0.717) is 28.1 Å². The van der Waals surface area contributed by atoms with Crippen molar-refractivity contribution >= 4 is 23.2 Å². The summed E-state index contributed by atoms with van der Waals surface area (Å²) in [6.07, 6.45) is 0. The second kappa shape index (κ2) is 6.18. The molecule has 0 spiro atoms. The number of aromatic nitrogens is 1. The number of ether oxygens (including phenoxy) is 1. The molecule has 21 heavy (non-hydrogen) atoms. The summed E-state index contributed by atoms with van der Waals surface area (Å²) in [5.41, 5.74) is 0.852. The molecule has 1 heterocycles. The fraction of sp³-hybridized carbons (Fsp3) is 0.333. The first-order chi connectivity index (χ1) is 9.92. The van der Waals surface area contributed by atoms with Crippen LogP contribution in [0.15, 0.2) is 22.6 Å². The maximum Gasteiger partial charge on any atom is 0.277 e. The lowest BCUT2D eigenvalue weighted by Gasteiger charge is -2.07. The molecule has 0 saturated heterocycles. The molecule has 0 unspecified atom stereocenters. The lowest BCUT2D eigenvalue weighted by atomic mass is 10.2. The topological polar surface area (TPSA) is 64.4 Å². The maximum absolute atomic E-state index is 12.2. The molecule has 1 aromatic carbocycles. The van der Waals surface area contributed by atoms with Crippen molar-refractivity contribution in [3.63, 3.8) is 0 Å². The Balaban J connectivity index is 2.20. The van der Waals surface area contributed by atoms with Gasteiger partial charge in [-0.15, -0.1) is 0 Å². The number of carbonyl (C=O) groups excluding carboxylic acids is 1. The highest BCUT2D eigenvalue weighted by atomic mass is 35.5. The highest BCUT2D eigenvalue weighted by molar-refractivity contribution is 6.32. The number of benzene rings is 1. The van der Waals surface area contributed by atoms with Gasteiger partial charge in [0.25, 0.3) is 5.91 Å². The van der Waals surface area contributed by atoms with Gasteiger partial charge in [-0.1, -0.05) is 25.4 Å². The third-order valence-corrected chi connectivity index (χ3v) is 3.23. The SMILES string of the molecule is COc1ccc(NC(=O)c2nc(C(C)C)oc2C)cc1Cl. The molecule has 1 N–H and O–H groups in total. The third kappa shape index (κ3) is 3.36. The van der Waals surface area contributed by atoms with Gasteiger partial charge in [0.05, 0.1) is 12.1 Å². The fourth-order valence-corrected chi connectivity index (χ4v) is 2.07. The van der Waals surface area contributed by atoms with Crippen molar-refractivity contribution in [1.82, 2.24) is 4.98 Å². The van der Waals surface area contributed by atoms with E-state index in [-0.39, 0.29) is 17.5 Å². The summed E-state index contributed by atoms with van der Waals surface area (Å²) in [6, 6.07) is 5.02. The van der Waals surface area contributed by atoms with Crippen LogP contribution in [0.3, 0.4) is 0 Å². The number of nitrogens with one attached hydrogen (secondary N) is 1. The van der Waals surface area contributed by atoms with Gasteiger partial charge in [0, 0.05) is 11.6 Å². The van der Waals surface area contributed by atoms with E-state index >= 15 is 0 Å². The first-order valence-electron chi connectivity index (χ1n) is 6.54. The number of methoxy groups -OCH3 is 1. The van der Waals surface area contributed by atoms with Crippen molar-refractivity contribution in [2.45, 2.75) is 26.7 Å². The predicted octanol–water partition coefficient (Wildman–Crippen LogP) is 4.02. The first kappa shape index (κ1) is 15.4. The Labute approximate surface area is 128 Å². The quantitative estimate of drug-likeness (QED) is 0.926. The molecule has 0 aliphatic carbocycles. The summed E-state index contributed by atoms with van der Waals surface area (Å²) < 4.78 is 10.5. The second-order valence-electron chi connectivity index (χ2n) is 4.92. The molecule has 112 valence electrons. The number of anilines is 1. The van der Waals surface area contributed by atoms with E-state index in [1.54, 1.807) is 25.1 Å². The zero-order valence-corrected chi connectivity index (χ0v) is 13.1. The Morgan fingerprint density at radius 3 is 2.67 bits per heavy atom. The molecule has 0 bridgehead atoms. The molecule has 6 heteroatoms. The molecule has 1 aromatic heterocycles. The van der Waals surface area contributed by atoms with Gasteiger partial charge in [-0.2, -0.15) is 0 Å². The molecule has 0 saturated carbocycles. The number of oxazole rings is 1. The molecular weight excluding hydrogens is 292 g/mol. The molecule has 0 radical (unpaired) electrons. The van der Waals surface area contributed by atoms with Crippen LogP contribution >= 0.6 is 11.6 Å². The second-order valence-corrected chi connectivity index (χ2v) is 5.32. The van der Waals surface area contributed by atoms with Gasteiger partial charge in [0.15, 0.2) is 11.6 Å². The van der Waals surface area contributed by atoms with Crippen LogP contribution in [0.1, 0.15) is 41.9 Å². The van der Waals surface area contributed by atoms with E-state index in [2.05, 4.69) is 10.3 Å². The van der Waals surface area contributed by atoms with Crippen molar-refractivity contribution in [1.29, 1.82) is 0 Å². The summed E-state index contributed by atoms with van der Waals surface area (Å²) in [4.78, 5) is 16.5. The Hall–Kier alpha value is -2.01. The number of rotatable bonds is 4. The van der Waals surface area contributed by atoms with Crippen molar-refractivity contribution < 1.29 is 13.9 Å². The Morgan fingerprint density at radius 1 is 1.43 bits per heavy atom. The first-order valence-corrected chi connectivity index (χ1v) is 6.92. The van der Waals surface area contributed by atoms with Crippen molar-refractivity contribution in [2.75, 3.05) is 12.4 Å². The summed E-state index contributed by atoms with van der Waals surface area (Å²) in [5.74, 6) is 1.39. The number of nitrogens with zero attached hydrogens (tertiary/aromatic N) is 1. The van der Waals surface area contributed by atoms with Crippen LogP contribution in [0.25, 0.3) is 0 Å². The van der Waals surface area contributed by atoms with E-state index in [4.69, 9.17) is 20.8 Å². The average Bonchev–Trinajstić information content (AvgIpc) is 2.81. The zero-order valence-electron chi connectivity index (χ0n) is 12.4. The van der Waals surface area contributed by atoms with Gasteiger partial charge in [0.2, 0.25) is 0 Å². The minimum Gasteiger partial charge on any atom is -0.495 e. The summed E-state index contributed by atoms with van der Waals surface area (Å²) in [6.45, 7) is 5.63. The average molecular weight is 309 g/mol. The standard InChI is InChI=1S/C15H17ClN2O3/c1-8(2)15-18-13(9(3)21-15)14(19)17-10-5-6-12(20-4)11(16)7-10/h5-8H,1-4H3,(H,17,19). The van der Waals surface area contributed by atoms with Crippen LogP contribution in [-0.4, -0.2) is 18.0 Å². The Kier molecular flexibility index (Phi) is 4.53. The molecule has 2 rings (SSSR count). The lowest BCUT2D eigenvalue weighted by molar-refractivity contribution is 0.102. The maximum atomic E-state index is 12.2. The number of halogens is 1. The highest BCUT2D eigenvalue weighted by Crippen LogP contribution is 2.27. The van der Waals surface area contributed by atoms with Crippen molar-refractivity contribution in [2.24, 2.45) is 0 Å². The summed E-state index contributed by atoms with van der Waals surface area (Å²) >= 11 is 6.03. The van der Waals surface area contributed by atoms with E-state index in [1.165, 1.54) is 7.11 Å². The molecule has 2 aromatic rings. The van der Waals surface area contributed by atoms with Gasteiger partial charge in [-0.3, -0.25) is 4.79 Å². The largest absolute Gasteiger partial charge is 0.495 e. The number of amides is 1. The van der Waals surface area contributed by atoms with Crippen LogP contribution in [-0.2, 0) is 0 Å². The molecule has 0 fully saturated rings. The van der Waals surface area contributed by atoms with E-state index in [0.717, 1.165) is 0 Å². The summed E-state index contributed by atoms with van der Waals surface area (Å²) in [7, 11) is 1.53. The van der Waals surface area contributed by atoms with E-state index in [9.17, 15) is 4.79 Å². The van der Waals surface area contributed by atoms with Gasteiger partial charge in [-0.05, 0) is 25.1 Å². The van der Waals surface area contributed by atoms with Crippen LogP contribution in [0.4, 0.5) is 5.69 Å². The van der Waals surface area contributed by atoms with Gasteiger partial charge in [-0.25, -0.2) is 4.98 Å². The van der Waals surface area contributed by atoms with Crippen molar-refractivity contribution in [3.8, 4) is 5.75 Å². The van der Waals surface area contributed by atoms with Crippen LogP contribution < -0.4 is 10.1 Å². The molecule has 0 atom stereocenters. The predicted molar refractivity (Wildman–Crippen MR) is 81.3 cm³/mol. The number of aryl methyl sites for hydroxylation is 1. The monoisotopic (exact) mass is 308 g/mol. The van der Waals surface area contributed by atoms with Crippen LogP contribution in [0.2, 0.25) is 5.02 Å². The van der Waals surface area contributed by atoms with Crippen LogP contribution in [0, 0.1) is 6.92 Å². The van der Waals surface area contributed by atoms with Crippen LogP contribution in [0.5, 0.6) is 5.75 Å². The molecule has 0 aliphatic heterocycles. The van der Waals surface area contributed by atoms with Crippen molar-refractivity contribution in [3.05, 3.63) is 40.6 Å². The van der Waals surface area contributed by atoms with Gasteiger partial charge < -0.3 is 14.5 Å². The molecular formula is C15H17ClN2O3. The minimum atomic E-state index is -0.329. The number of hydrogen-bond donors (Lipinski definition) is 1. The third-order valence-electron chi connectivity index (χ3n) is 2.93. The van der Waals surface area contributed by atoms with Gasteiger partial charge in [0.1, 0.15) is 11.5 Å². The Morgan fingerprint density at radius 2 is 2.14 bits per heavy atom. The number of hydrogen-bond acceptors (Lipinski definition) is 4. The minimum absolute atomic E-state index is 0.126. The number of carbonyl (C=O) groups is 1. The lowest BCUT2D eigenvalue weighted by Crippen LogP contribution is -2.13. The molecule has 5 nitrogen and oxygen atoms in total.